The van der Waals surface area contributed by atoms with E-state index >= 15 is 0 Å². The lowest BCUT2D eigenvalue weighted by Gasteiger charge is -2.39. The number of amides is 2. The Hall–Kier alpha value is -1.88. The Kier molecular flexibility index (Phi) is 6.08. The highest BCUT2D eigenvalue weighted by Crippen LogP contribution is 2.29. The molecular weight excluding hydrogens is 314 g/mol. The summed E-state index contributed by atoms with van der Waals surface area (Å²) in [5.41, 5.74) is 1.07. The molecule has 0 spiro atoms. The van der Waals surface area contributed by atoms with Gasteiger partial charge in [-0.15, -0.1) is 0 Å². The summed E-state index contributed by atoms with van der Waals surface area (Å²) in [6, 6.07) is 9.88. The van der Waals surface area contributed by atoms with E-state index in [2.05, 4.69) is 22.3 Å². The van der Waals surface area contributed by atoms with Crippen LogP contribution in [0.3, 0.4) is 0 Å². The van der Waals surface area contributed by atoms with E-state index in [-0.39, 0.29) is 23.8 Å². The molecule has 0 bridgehead atoms. The number of rotatable bonds is 4. The zero-order chi connectivity index (χ0) is 17.6. The first-order valence-corrected chi connectivity index (χ1v) is 9.50. The van der Waals surface area contributed by atoms with E-state index < -0.39 is 0 Å². The van der Waals surface area contributed by atoms with E-state index in [1.807, 2.05) is 23.1 Å². The van der Waals surface area contributed by atoms with Gasteiger partial charge in [0.15, 0.2) is 0 Å². The number of nitrogens with one attached hydrogen (secondary N) is 1. The molecule has 0 aromatic heterocycles. The first-order valence-electron chi connectivity index (χ1n) is 9.50. The molecule has 2 aliphatic heterocycles. The Morgan fingerprint density at radius 1 is 1.00 bits per heavy atom. The largest absolute Gasteiger partial charge is 0.359 e. The molecule has 1 aromatic rings. The average molecular weight is 343 g/mol. The smallest absolute Gasteiger partial charge is 0.244 e. The van der Waals surface area contributed by atoms with Crippen LogP contribution in [-0.2, 0) is 9.59 Å². The van der Waals surface area contributed by atoms with Crippen molar-refractivity contribution in [1.29, 1.82) is 0 Å². The molecule has 2 aliphatic rings. The van der Waals surface area contributed by atoms with Crippen LogP contribution in [0.5, 0.6) is 0 Å². The molecule has 25 heavy (non-hydrogen) atoms. The Labute approximate surface area is 150 Å². The molecule has 136 valence electrons. The second kappa shape index (κ2) is 8.48. The lowest BCUT2D eigenvalue weighted by molar-refractivity contribution is -0.139. The van der Waals surface area contributed by atoms with E-state index in [9.17, 15) is 9.59 Å². The molecule has 3 rings (SSSR count). The van der Waals surface area contributed by atoms with Crippen molar-refractivity contribution in [3.63, 3.8) is 0 Å². The highest BCUT2D eigenvalue weighted by molar-refractivity contribution is 5.83. The van der Waals surface area contributed by atoms with Gasteiger partial charge in [0, 0.05) is 26.1 Å². The van der Waals surface area contributed by atoms with Crippen LogP contribution in [-0.4, -0.2) is 54.8 Å². The summed E-state index contributed by atoms with van der Waals surface area (Å²) in [5, 5.41) is 2.75. The van der Waals surface area contributed by atoms with Crippen LogP contribution in [0.15, 0.2) is 30.3 Å². The summed E-state index contributed by atoms with van der Waals surface area (Å²) in [5.74, 6) is 0.422. The number of likely N-dealkylation sites (tertiary alicyclic amines) is 2. The Morgan fingerprint density at radius 3 is 2.24 bits per heavy atom. The molecule has 1 atom stereocenters. The second-order valence-corrected chi connectivity index (χ2v) is 7.12. The third-order valence-corrected chi connectivity index (χ3v) is 5.53. The van der Waals surface area contributed by atoms with Gasteiger partial charge in [-0.1, -0.05) is 30.3 Å². The van der Waals surface area contributed by atoms with Crippen molar-refractivity contribution in [2.24, 2.45) is 5.92 Å². The predicted molar refractivity (Wildman–Crippen MR) is 98.0 cm³/mol. The summed E-state index contributed by atoms with van der Waals surface area (Å²) in [4.78, 5) is 29.5. The lowest BCUT2D eigenvalue weighted by atomic mass is 9.93. The number of benzene rings is 1. The molecule has 0 aliphatic carbocycles. The van der Waals surface area contributed by atoms with Gasteiger partial charge in [0.2, 0.25) is 11.8 Å². The first kappa shape index (κ1) is 17.9. The van der Waals surface area contributed by atoms with E-state index in [1.54, 1.807) is 7.05 Å². The van der Waals surface area contributed by atoms with Gasteiger partial charge in [0.05, 0.1) is 0 Å². The molecule has 1 aromatic carbocycles. The quantitative estimate of drug-likeness (QED) is 0.912. The van der Waals surface area contributed by atoms with E-state index in [0.29, 0.717) is 0 Å². The normalized spacial score (nSPS) is 20.9. The minimum absolute atomic E-state index is 0.0720. The van der Waals surface area contributed by atoms with Crippen LogP contribution in [0.1, 0.15) is 43.7 Å². The minimum atomic E-state index is -0.218. The summed E-state index contributed by atoms with van der Waals surface area (Å²) < 4.78 is 0. The molecule has 0 saturated carbocycles. The third-order valence-electron chi connectivity index (χ3n) is 5.53. The van der Waals surface area contributed by atoms with Gasteiger partial charge in [-0.2, -0.15) is 0 Å². The Bertz CT molecular complexity index is 576. The maximum absolute atomic E-state index is 13.3. The number of carbonyl (C=O) groups is 2. The van der Waals surface area contributed by atoms with Gasteiger partial charge in [0.1, 0.15) is 6.04 Å². The van der Waals surface area contributed by atoms with Gasteiger partial charge in [-0.3, -0.25) is 14.5 Å². The maximum atomic E-state index is 13.3. The number of hydrogen-bond donors (Lipinski definition) is 1. The first-order chi connectivity index (χ1) is 12.2. The van der Waals surface area contributed by atoms with E-state index in [1.165, 1.54) is 6.42 Å². The van der Waals surface area contributed by atoms with Crippen molar-refractivity contribution in [1.82, 2.24) is 15.1 Å². The SMILES string of the molecule is CNC(=O)C1CCN(C(C(=O)N2CCCCC2)c2ccccc2)CC1. The summed E-state index contributed by atoms with van der Waals surface area (Å²) in [6.07, 6.45) is 5.06. The van der Waals surface area contributed by atoms with Crippen LogP contribution in [0.2, 0.25) is 0 Å². The van der Waals surface area contributed by atoms with Crippen molar-refractivity contribution in [2.45, 2.75) is 38.1 Å². The zero-order valence-electron chi connectivity index (χ0n) is 15.1. The zero-order valence-corrected chi connectivity index (χ0v) is 15.1. The molecule has 2 heterocycles. The third kappa shape index (κ3) is 4.21. The molecule has 1 unspecified atom stereocenters. The standard InChI is InChI=1S/C20H29N3O2/c1-21-19(24)17-10-14-22(15-11-17)18(16-8-4-2-5-9-16)20(25)23-12-6-3-7-13-23/h2,4-5,8-9,17-18H,3,6-7,10-15H2,1H3,(H,21,24). The molecule has 5 nitrogen and oxygen atoms in total. The predicted octanol–water partition coefficient (Wildman–Crippen LogP) is 2.20. The molecule has 2 amide bonds. The van der Waals surface area contributed by atoms with Crippen LogP contribution < -0.4 is 5.32 Å². The molecule has 5 heteroatoms. The molecule has 1 N–H and O–H groups in total. The Morgan fingerprint density at radius 2 is 1.64 bits per heavy atom. The average Bonchev–Trinajstić information content (AvgIpc) is 2.69. The fourth-order valence-electron chi connectivity index (χ4n) is 4.06. The van der Waals surface area contributed by atoms with E-state index in [0.717, 1.165) is 57.4 Å². The van der Waals surface area contributed by atoms with Gasteiger partial charge in [0.25, 0.3) is 0 Å². The van der Waals surface area contributed by atoms with Crippen LogP contribution in [0, 0.1) is 5.92 Å². The monoisotopic (exact) mass is 343 g/mol. The van der Waals surface area contributed by atoms with E-state index in [4.69, 9.17) is 0 Å². The van der Waals surface area contributed by atoms with Crippen molar-refractivity contribution >= 4 is 11.8 Å². The van der Waals surface area contributed by atoms with Gasteiger partial charge < -0.3 is 10.2 Å². The van der Waals surface area contributed by atoms with Crippen molar-refractivity contribution in [3.8, 4) is 0 Å². The summed E-state index contributed by atoms with van der Waals surface area (Å²) in [7, 11) is 1.70. The van der Waals surface area contributed by atoms with Crippen LogP contribution in [0.4, 0.5) is 0 Å². The summed E-state index contributed by atoms with van der Waals surface area (Å²) >= 11 is 0. The number of piperidine rings is 2. The molecule has 2 saturated heterocycles. The van der Waals surface area contributed by atoms with Crippen molar-refractivity contribution < 1.29 is 9.59 Å². The topological polar surface area (TPSA) is 52.7 Å². The highest BCUT2D eigenvalue weighted by atomic mass is 16.2. The molecule has 0 radical (unpaired) electrons. The van der Waals surface area contributed by atoms with Crippen molar-refractivity contribution in [2.75, 3.05) is 33.2 Å². The van der Waals surface area contributed by atoms with Crippen molar-refractivity contribution in [3.05, 3.63) is 35.9 Å². The van der Waals surface area contributed by atoms with Gasteiger partial charge in [-0.25, -0.2) is 0 Å². The fraction of sp³-hybridized carbons (Fsp3) is 0.600. The highest BCUT2D eigenvalue weighted by Gasteiger charge is 2.35. The maximum Gasteiger partial charge on any atom is 0.244 e. The Balaban J connectivity index is 1.75. The lowest BCUT2D eigenvalue weighted by Crippen LogP contribution is -2.48. The van der Waals surface area contributed by atoms with Gasteiger partial charge in [-0.05, 0) is 50.8 Å². The number of carbonyl (C=O) groups excluding carboxylic acids is 2. The molecule has 2 fully saturated rings. The van der Waals surface area contributed by atoms with Gasteiger partial charge >= 0.3 is 0 Å². The second-order valence-electron chi connectivity index (χ2n) is 7.12. The summed E-state index contributed by atoms with van der Waals surface area (Å²) in [6.45, 7) is 3.32. The van der Waals surface area contributed by atoms with Crippen LogP contribution >= 0.6 is 0 Å². The number of nitrogens with zero attached hydrogens (tertiary/aromatic N) is 2. The van der Waals surface area contributed by atoms with Crippen LogP contribution in [0.25, 0.3) is 0 Å². The fourth-order valence-corrected chi connectivity index (χ4v) is 4.06. The minimum Gasteiger partial charge on any atom is -0.359 e. The molecular formula is C20H29N3O2. The number of hydrogen-bond acceptors (Lipinski definition) is 3.